The zero-order chi connectivity index (χ0) is 21.1. The quantitative estimate of drug-likeness (QED) is 0.472. The Morgan fingerprint density at radius 1 is 1.17 bits per heavy atom. The monoisotopic (exact) mass is 403 g/mol. The number of carboxylic acid groups (broad SMARTS) is 1. The highest BCUT2D eigenvalue weighted by Crippen LogP contribution is 2.21. The van der Waals surface area contributed by atoms with Gasteiger partial charge in [0, 0.05) is 6.54 Å². The second kappa shape index (κ2) is 11.8. The number of halogens is 1. The third-order valence-electron chi connectivity index (χ3n) is 4.15. The van der Waals surface area contributed by atoms with Crippen molar-refractivity contribution in [2.75, 3.05) is 26.3 Å². The fourth-order valence-electron chi connectivity index (χ4n) is 2.66. The second-order valence-electron chi connectivity index (χ2n) is 6.37. The lowest BCUT2D eigenvalue weighted by molar-refractivity contribution is -0.139. The summed E-state index contributed by atoms with van der Waals surface area (Å²) in [6, 6.07) is 13.3. The smallest absolute Gasteiger partial charge is 0.341 e. The molecule has 0 aliphatic heterocycles. The average Bonchev–Trinajstić information content (AvgIpc) is 2.72. The Balaban J connectivity index is 1.71. The fraction of sp³-hybridized carbons (Fsp3) is 0.318. The van der Waals surface area contributed by atoms with Crippen LogP contribution in [0.5, 0.6) is 11.5 Å². The van der Waals surface area contributed by atoms with Crippen molar-refractivity contribution in [1.29, 1.82) is 0 Å². The molecule has 0 spiro atoms. The van der Waals surface area contributed by atoms with Crippen molar-refractivity contribution in [2.45, 2.75) is 19.4 Å². The summed E-state index contributed by atoms with van der Waals surface area (Å²) >= 11 is 0. The SMILES string of the molecule is C/C=C(\CCNCC(O)COc1ccccc1F)c1ccc(OCC(=O)O)cc1. The molecule has 1 unspecified atom stereocenters. The number of ether oxygens (including phenoxy) is 2. The minimum atomic E-state index is -1.02. The molecule has 0 heterocycles. The number of rotatable bonds is 12. The van der Waals surface area contributed by atoms with Crippen molar-refractivity contribution in [1.82, 2.24) is 5.32 Å². The van der Waals surface area contributed by atoms with Crippen LogP contribution < -0.4 is 14.8 Å². The Bertz CT molecular complexity index is 807. The predicted molar refractivity (Wildman–Crippen MR) is 109 cm³/mol. The van der Waals surface area contributed by atoms with Gasteiger partial charge in [0.2, 0.25) is 0 Å². The molecule has 0 aromatic heterocycles. The molecule has 0 bridgehead atoms. The van der Waals surface area contributed by atoms with E-state index in [1.54, 1.807) is 24.3 Å². The van der Waals surface area contributed by atoms with E-state index in [1.807, 2.05) is 25.1 Å². The molecule has 0 aliphatic rings. The first-order chi connectivity index (χ1) is 14.0. The van der Waals surface area contributed by atoms with Gasteiger partial charge in [0.15, 0.2) is 18.2 Å². The first-order valence-corrected chi connectivity index (χ1v) is 9.36. The van der Waals surface area contributed by atoms with Crippen LogP contribution in [0.2, 0.25) is 0 Å². The molecular weight excluding hydrogens is 377 g/mol. The Morgan fingerprint density at radius 3 is 2.55 bits per heavy atom. The summed E-state index contributed by atoms with van der Waals surface area (Å²) in [5, 5.41) is 21.8. The summed E-state index contributed by atoms with van der Waals surface area (Å²) in [4.78, 5) is 10.5. The zero-order valence-corrected chi connectivity index (χ0v) is 16.3. The van der Waals surface area contributed by atoms with Crippen LogP contribution in [0.15, 0.2) is 54.6 Å². The van der Waals surface area contributed by atoms with Crippen LogP contribution in [-0.4, -0.2) is 48.6 Å². The molecule has 2 rings (SSSR count). The van der Waals surface area contributed by atoms with E-state index >= 15 is 0 Å². The van der Waals surface area contributed by atoms with Gasteiger partial charge in [0.05, 0.1) is 0 Å². The van der Waals surface area contributed by atoms with Crippen LogP contribution in [-0.2, 0) is 4.79 Å². The number of carboxylic acids is 1. The van der Waals surface area contributed by atoms with Crippen molar-refractivity contribution in [3.8, 4) is 11.5 Å². The minimum absolute atomic E-state index is 0.00219. The summed E-state index contributed by atoms with van der Waals surface area (Å²) in [6.07, 6.45) is 1.99. The van der Waals surface area contributed by atoms with Crippen molar-refractivity contribution in [2.24, 2.45) is 0 Å². The summed E-state index contributed by atoms with van der Waals surface area (Å²) in [5.41, 5.74) is 2.12. The molecule has 0 aliphatic carbocycles. The van der Waals surface area contributed by atoms with E-state index in [-0.39, 0.29) is 19.0 Å². The number of para-hydroxylation sites is 1. The lowest BCUT2D eigenvalue weighted by atomic mass is 10.0. The molecule has 1 atom stereocenters. The summed E-state index contributed by atoms with van der Waals surface area (Å²) < 4.78 is 23.9. The van der Waals surface area contributed by atoms with Crippen molar-refractivity contribution < 1.29 is 28.9 Å². The highest BCUT2D eigenvalue weighted by molar-refractivity contribution is 5.69. The summed E-state index contributed by atoms with van der Waals surface area (Å²) in [7, 11) is 0. The van der Waals surface area contributed by atoms with Crippen molar-refractivity contribution >= 4 is 11.5 Å². The molecule has 0 saturated carbocycles. The first kappa shape index (κ1) is 22.4. The third-order valence-corrected chi connectivity index (χ3v) is 4.15. The van der Waals surface area contributed by atoms with Gasteiger partial charge in [-0.25, -0.2) is 9.18 Å². The number of hydrogen-bond donors (Lipinski definition) is 3. The minimum Gasteiger partial charge on any atom is -0.488 e. The normalized spacial score (nSPS) is 12.4. The second-order valence-corrected chi connectivity index (χ2v) is 6.37. The molecule has 0 fully saturated rings. The number of aliphatic hydroxyl groups is 1. The van der Waals surface area contributed by atoms with Crippen LogP contribution in [0.3, 0.4) is 0 Å². The van der Waals surface area contributed by atoms with Gasteiger partial charge in [-0.15, -0.1) is 0 Å². The number of aliphatic hydroxyl groups excluding tert-OH is 1. The number of aliphatic carboxylic acids is 1. The molecule has 3 N–H and O–H groups in total. The number of benzene rings is 2. The van der Waals surface area contributed by atoms with E-state index < -0.39 is 17.9 Å². The number of hydrogen-bond acceptors (Lipinski definition) is 5. The van der Waals surface area contributed by atoms with Gasteiger partial charge < -0.3 is 25.0 Å². The maximum Gasteiger partial charge on any atom is 0.341 e. The molecule has 6 nitrogen and oxygen atoms in total. The third kappa shape index (κ3) is 7.93. The van der Waals surface area contributed by atoms with E-state index in [0.29, 0.717) is 18.8 Å². The summed E-state index contributed by atoms with van der Waals surface area (Å²) in [5.74, 6) is -0.846. The molecular formula is C22H26FNO5. The van der Waals surface area contributed by atoms with E-state index in [2.05, 4.69) is 5.32 Å². The first-order valence-electron chi connectivity index (χ1n) is 9.36. The molecule has 2 aromatic carbocycles. The molecule has 2 aromatic rings. The molecule has 0 amide bonds. The van der Waals surface area contributed by atoms with E-state index in [0.717, 1.165) is 17.6 Å². The van der Waals surface area contributed by atoms with Crippen molar-refractivity contribution in [3.05, 3.63) is 66.0 Å². The van der Waals surface area contributed by atoms with Gasteiger partial charge in [-0.2, -0.15) is 0 Å². The van der Waals surface area contributed by atoms with Crippen molar-refractivity contribution in [3.63, 3.8) is 0 Å². The largest absolute Gasteiger partial charge is 0.488 e. The molecule has 0 radical (unpaired) electrons. The topological polar surface area (TPSA) is 88.0 Å². The Kier molecular flexibility index (Phi) is 9.14. The summed E-state index contributed by atoms with van der Waals surface area (Å²) in [6.45, 7) is 2.55. The Hall–Kier alpha value is -2.90. The lowest BCUT2D eigenvalue weighted by Crippen LogP contribution is -2.32. The Labute approximate surface area is 169 Å². The van der Waals surface area contributed by atoms with E-state index in [1.165, 1.54) is 12.1 Å². The van der Waals surface area contributed by atoms with Gasteiger partial charge in [-0.05, 0) is 55.3 Å². The van der Waals surface area contributed by atoms with E-state index in [4.69, 9.17) is 14.6 Å². The van der Waals surface area contributed by atoms with Gasteiger partial charge in [0.25, 0.3) is 0 Å². The average molecular weight is 403 g/mol. The maximum absolute atomic E-state index is 13.5. The number of allylic oxidation sites excluding steroid dienone is 1. The van der Waals surface area contributed by atoms with Gasteiger partial charge in [-0.3, -0.25) is 0 Å². The molecule has 156 valence electrons. The fourth-order valence-corrected chi connectivity index (χ4v) is 2.66. The van der Waals surface area contributed by atoms with Crippen LogP contribution in [0.4, 0.5) is 4.39 Å². The van der Waals surface area contributed by atoms with Gasteiger partial charge >= 0.3 is 5.97 Å². The van der Waals surface area contributed by atoms with E-state index in [9.17, 15) is 14.3 Å². The Morgan fingerprint density at radius 2 is 1.90 bits per heavy atom. The zero-order valence-electron chi connectivity index (χ0n) is 16.3. The highest BCUT2D eigenvalue weighted by atomic mass is 19.1. The molecule has 0 saturated heterocycles. The molecule has 7 heteroatoms. The number of nitrogens with one attached hydrogen (secondary N) is 1. The maximum atomic E-state index is 13.5. The lowest BCUT2D eigenvalue weighted by Gasteiger charge is -2.14. The standard InChI is InChI=1S/C22H26FNO5/c1-2-16(17-7-9-19(10-8-17)28-15-22(26)27)11-12-24-13-18(25)14-29-21-6-4-3-5-20(21)23/h2-10,18,24-25H,11-15H2,1H3,(H,26,27)/b16-2+. The van der Waals surface area contributed by atoms with Crippen LogP contribution in [0.25, 0.3) is 5.57 Å². The van der Waals surface area contributed by atoms with Gasteiger partial charge in [0.1, 0.15) is 18.5 Å². The predicted octanol–water partition coefficient (Wildman–Crippen LogP) is 3.11. The number of carbonyl (C=O) groups is 1. The molecule has 29 heavy (non-hydrogen) atoms. The highest BCUT2D eigenvalue weighted by Gasteiger charge is 2.08. The van der Waals surface area contributed by atoms with Crippen LogP contribution in [0, 0.1) is 5.82 Å². The van der Waals surface area contributed by atoms with Gasteiger partial charge in [-0.1, -0.05) is 30.3 Å². The van der Waals surface area contributed by atoms with Crippen LogP contribution in [0.1, 0.15) is 18.9 Å². The van der Waals surface area contributed by atoms with Crippen LogP contribution >= 0.6 is 0 Å².